The van der Waals surface area contributed by atoms with Gasteiger partial charge in [-0.15, -0.1) is 11.8 Å². The molecule has 0 unspecified atom stereocenters. The Balaban J connectivity index is 0.000000353. The van der Waals surface area contributed by atoms with Crippen molar-refractivity contribution in [1.29, 1.82) is 0 Å². The first-order valence-corrected chi connectivity index (χ1v) is 15.1. The van der Waals surface area contributed by atoms with Crippen molar-refractivity contribution >= 4 is 33.5 Å². The predicted octanol–water partition coefficient (Wildman–Crippen LogP) is 11.6. The number of benzene rings is 5. The molecule has 5 aromatic rings. The molecule has 0 bridgehead atoms. The van der Waals surface area contributed by atoms with Crippen LogP contribution in [-0.4, -0.2) is 13.1 Å². The summed E-state index contributed by atoms with van der Waals surface area (Å²) in [5, 5.41) is 2.73. The summed E-state index contributed by atoms with van der Waals surface area (Å²) in [5.74, 6) is 13.0. The molecule has 0 heterocycles. The first kappa shape index (κ1) is 35.3. The fourth-order valence-electron chi connectivity index (χ4n) is 4.76. The zero-order valence-corrected chi connectivity index (χ0v) is 26.5. The van der Waals surface area contributed by atoms with Gasteiger partial charge in [-0.1, -0.05) is 126 Å². The van der Waals surface area contributed by atoms with Crippen LogP contribution in [0.1, 0.15) is 60.5 Å². The molecule has 0 N–H and O–H groups in total. The molecule has 2 heteroatoms. The second-order valence-corrected chi connectivity index (χ2v) is 9.94. The summed E-state index contributed by atoms with van der Waals surface area (Å²) < 4.78 is 0. The third-order valence-electron chi connectivity index (χ3n) is 6.88. The number of fused-ring (bicyclic) bond motifs is 1. The Hall–Kier alpha value is -4.92. The summed E-state index contributed by atoms with van der Waals surface area (Å²) in [6, 6.07) is 44.4. The average Bonchev–Trinajstić information content (AvgIpc) is 3.07. The highest BCUT2D eigenvalue weighted by atomic mass is 15.1. The third-order valence-corrected chi connectivity index (χ3v) is 6.88. The van der Waals surface area contributed by atoms with E-state index in [-0.39, 0.29) is 7.43 Å². The molecule has 0 spiro atoms. The van der Waals surface area contributed by atoms with Crippen molar-refractivity contribution in [2.45, 2.75) is 54.9 Å². The minimum Gasteiger partial charge on any atom is -0.330 e. The molecule has 0 amide bonds. The number of anilines is 4. The summed E-state index contributed by atoms with van der Waals surface area (Å²) >= 11 is 0. The normalized spacial score (nSPS) is 9.43. The molecule has 5 aromatic carbocycles. The minimum absolute atomic E-state index is 0. The van der Waals surface area contributed by atoms with Crippen molar-refractivity contribution in [3.05, 3.63) is 133 Å². The Labute approximate surface area is 267 Å². The lowest BCUT2D eigenvalue weighted by atomic mass is 9.96. The summed E-state index contributed by atoms with van der Waals surface area (Å²) in [4.78, 5) is 4.44. The van der Waals surface area contributed by atoms with Gasteiger partial charge in [0.2, 0.25) is 0 Å². The summed E-state index contributed by atoms with van der Waals surface area (Å²) in [5.41, 5.74) is 5.95. The Morgan fingerprint density at radius 3 is 1.32 bits per heavy atom. The van der Waals surface area contributed by atoms with Gasteiger partial charge in [0.15, 0.2) is 0 Å². The Kier molecular flexibility index (Phi) is 15.5. The minimum atomic E-state index is 0. The molecule has 226 valence electrons. The van der Waals surface area contributed by atoms with Crippen molar-refractivity contribution in [3.8, 4) is 23.7 Å². The highest BCUT2D eigenvalue weighted by molar-refractivity contribution is 5.86. The van der Waals surface area contributed by atoms with Gasteiger partial charge in [-0.05, 0) is 84.6 Å². The number of hydrogen-bond acceptors (Lipinski definition) is 2. The lowest BCUT2D eigenvalue weighted by molar-refractivity contribution is 0.876. The molecule has 0 saturated carbocycles. The smallest absolute Gasteiger partial charge is 0.0843 e. The van der Waals surface area contributed by atoms with Gasteiger partial charge in [0, 0.05) is 22.7 Å². The fourth-order valence-corrected chi connectivity index (χ4v) is 4.76. The maximum absolute atomic E-state index is 3.18. The largest absolute Gasteiger partial charge is 0.330 e. The number of para-hydroxylation sites is 2. The molecule has 0 saturated heterocycles. The van der Waals surface area contributed by atoms with E-state index in [1.165, 1.54) is 16.3 Å². The van der Waals surface area contributed by atoms with Crippen LogP contribution in [0.25, 0.3) is 10.8 Å². The SMILES string of the molecule is C.CC.CC#CCN(c1ccccc1)c1ccc(N(CC#CC)c2ccccc2)cc1.CC(C)c1cccc2ccccc12. The molecule has 2 nitrogen and oxygen atoms in total. The standard InChI is InChI=1S/C26H24N2.C13H14.C2H6.CH4/c1-3-5-21-27(23-13-9-7-10-14-23)25-17-19-26(20-18-25)28(22-6-4-2)24-15-11-8-12-16-24;1-10(2)12-9-5-7-11-6-3-4-8-13(11)12;1-2;/h7-20H,21-22H2,1-2H3;3-10H,1-2H3;1-2H3;1H4. The van der Waals surface area contributed by atoms with Crippen LogP contribution in [0.15, 0.2) is 127 Å². The summed E-state index contributed by atoms with van der Waals surface area (Å²) in [6.07, 6.45) is 0. The van der Waals surface area contributed by atoms with Crippen LogP contribution in [0.3, 0.4) is 0 Å². The molecule has 44 heavy (non-hydrogen) atoms. The first-order chi connectivity index (χ1) is 21.1. The highest BCUT2D eigenvalue weighted by Crippen LogP contribution is 2.30. The van der Waals surface area contributed by atoms with Gasteiger partial charge in [0.05, 0.1) is 13.1 Å². The van der Waals surface area contributed by atoms with E-state index in [1.807, 2.05) is 39.8 Å². The molecular formula is C42H48N2. The van der Waals surface area contributed by atoms with Crippen LogP contribution in [-0.2, 0) is 0 Å². The molecule has 0 aliphatic carbocycles. The maximum atomic E-state index is 3.18. The highest BCUT2D eigenvalue weighted by Gasteiger charge is 2.11. The lowest BCUT2D eigenvalue weighted by Gasteiger charge is -2.26. The summed E-state index contributed by atoms with van der Waals surface area (Å²) in [7, 11) is 0. The maximum Gasteiger partial charge on any atom is 0.0843 e. The molecule has 0 aromatic heterocycles. The predicted molar refractivity (Wildman–Crippen MR) is 196 cm³/mol. The second-order valence-electron chi connectivity index (χ2n) is 9.94. The van der Waals surface area contributed by atoms with Gasteiger partial charge in [-0.2, -0.15) is 0 Å². The van der Waals surface area contributed by atoms with E-state index in [0.717, 1.165) is 22.7 Å². The molecule has 5 rings (SSSR count). The van der Waals surface area contributed by atoms with Crippen LogP contribution >= 0.6 is 0 Å². The zero-order valence-electron chi connectivity index (χ0n) is 26.5. The van der Waals surface area contributed by atoms with Crippen molar-refractivity contribution in [3.63, 3.8) is 0 Å². The van der Waals surface area contributed by atoms with Crippen molar-refractivity contribution < 1.29 is 0 Å². The lowest BCUT2D eigenvalue weighted by Crippen LogP contribution is -2.19. The topological polar surface area (TPSA) is 6.48 Å². The van der Waals surface area contributed by atoms with E-state index in [2.05, 4.69) is 163 Å². The van der Waals surface area contributed by atoms with Gasteiger partial charge in [-0.25, -0.2) is 0 Å². The number of nitrogens with zero attached hydrogens (tertiary/aromatic N) is 2. The van der Waals surface area contributed by atoms with Crippen molar-refractivity contribution in [2.75, 3.05) is 22.9 Å². The Bertz CT molecular complexity index is 1540. The van der Waals surface area contributed by atoms with Crippen LogP contribution in [0.4, 0.5) is 22.7 Å². The quantitative estimate of drug-likeness (QED) is 0.177. The van der Waals surface area contributed by atoms with Crippen molar-refractivity contribution in [1.82, 2.24) is 0 Å². The van der Waals surface area contributed by atoms with Crippen LogP contribution < -0.4 is 9.80 Å². The monoisotopic (exact) mass is 580 g/mol. The van der Waals surface area contributed by atoms with Crippen LogP contribution in [0.2, 0.25) is 0 Å². The van der Waals surface area contributed by atoms with Crippen LogP contribution in [0, 0.1) is 23.7 Å². The zero-order chi connectivity index (χ0) is 30.9. The Morgan fingerprint density at radius 1 is 0.500 bits per heavy atom. The summed E-state index contributed by atoms with van der Waals surface area (Å²) in [6.45, 7) is 13.5. The van der Waals surface area contributed by atoms with Gasteiger partial charge in [-0.3, -0.25) is 0 Å². The van der Waals surface area contributed by atoms with Crippen LogP contribution in [0.5, 0.6) is 0 Å². The first-order valence-electron chi connectivity index (χ1n) is 15.1. The molecular weight excluding hydrogens is 532 g/mol. The number of rotatable bonds is 7. The third kappa shape index (κ3) is 9.83. The van der Waals surface area contributed by atoms with Gasteiger partial charge >= 0.3 is 0 Å². The molecule has 0 aliphatic heterocycles. The van der Waals surface area contributed by atoms with E-state index >= 15 is 0 Å². The van der Waals surface area contributed by atoms with Gasteiger partial charge < -0.3 is 9.80 Å². The number of hydrogen-bond donors (Lipinski definition) is 0. The molecule has 0 aliphatic rings. The Morgan fingerprint density at radius 2 is 0.886 bits per heavy atom. The van der Waals surface area contributed by atoms with Crippen molar-refractivity contribution in [2.24, 2.45) is 0 Å². The van der Waals surface area contributed by atoms with Gasteiger partial charge in [0.1, 0.15) is 0 Å². The van der Waals surface area contributed by atoms with E-state index < -0.39 is 0 Å². The van der Waals surface area contributed by atoms with Gasteiger partial charge in [0.25, 0.3) is 0 Å². The van der Waals surface area contributed by atoms with E-state index in [1.54, 1.807) is 0 Å². The van der Waals surface area contributed by atoms with E-state index in [4.69, 9.17) is 0 Å². The molecule has 0 radical (unpaired) electrons. The second kappa shape index (κ2) is 19.3. The molecule has 0 fully saturated rings. The molecule has 0 atom stereocenters. The average molecular weight is 581 g/mol. The van der Waals surface area contributed by atoms with E-state index in [9.17, 15) is 0 Å². The fraction of sp³-hybridized carbons (Fsp3) is 0.238. The van der Waals surface area contributed by atoms with E-state index in [0.29, 0.717) is 19.0 Å².